The number of nitrogens with zero attached hydrogens (tertiary/aromatic N) is 1. The van der Waals surface area contributed by atoms with Crippen LogP contribution in [0.2, 0.25) is 0 Å². The van der Waals surface area contributed by atoms with Gasteiger partial charge in [0.15, 0.2) is 0 Å². The van der Waals surface area contributed by atoms with E-state index in [-0.39, 0.29) is 0 Å². The standard InChI is InChI=1S/C22H20N2S/c1-4-11-19(12-5-1)22(20-13-6-2-7-14-20,21-15-8-3-9-16-21)23-24-17-10-18-25-24/h1-16,18,23H,17H2. The van der Waals surface area contributed by atoms with Gasteiger partial charge in [-0.15, -0.1) is 0 Å². The molecule has 0 atom stereocenters. The van der Waals surface area contributed by atoms with E-state index in [0.29, 0.717) is 0 Å². The number of hydrazine groups is 1. The summed E-state index contributed by atoms with van der Waals surface area (Å²) in [5.74, 6) is 0. The molecule has 2 nitrogen and oxygen atoms in total. The lowest BCUT2D eigenvalue weighted by molar-refractivity contribution is 0.288. The van der Waals surface area contributed by atoms with Crippen LogP contribution in [0.15, 0.2) is 102 Å². The van der Waals surface area contributed by atoms with E-state index >= 15 is 0 Å². The first kappa shape index (κ1) is 16.2. The van der Waals surface area contributed by atoms with Gasteiger partial charge in [-0.3, -0.25) is 0 Å². The average molecular weight is 344 g/mol. The van der Waals surface area contributed by atoms with Gasteiger partial charge >= 0.3 is 0 Å². The van der Waals surface area contributed by atoms with E-state index in [2.05, 4.69) is 112 Å². The van der Waals surface area contributed by atoms with Gasteiger partial charge < -0.3 is 0 Å². The summed E-state index contributed by atoms with van der Waals surface area (Å²) in [4.78, 5) is 0. The van der Waals surface area contributed by atoms with Crippen LogP contribution in [0.4, 0.5) is 0 Å². The molecule has 1 heterocycles. The molecule has 0 fully saturated rings. The molecule has 25 heavy (non-hydrogen) atoms. The van der Waals surface area contributed by atoms with Gasteiger partial charge in [0.25, 0.3) is 0 Å². The second-order valence-electron chi connectivity index (χ2n) is 6.00. The third kappa shape index (κ3) is 3.14. The summed E-state index contributed by atoms with van der Waals surface area (Å²) >= 11 is 1.69. The van der Waals surface area contributed by atoms with Crippen LogP contribution >= 0.6 is 11.9 Å². The minimum Gasteiger partial charge on any atom is -0.225 e. The molecule has 3 aromatic carbocycles. The van der Waals surface area contributed by atoms with Crippen molar-refractivity contribution in [1.29, 1.82) is 0 Å². The van der Waals surface area contributed by atoms with Crippen molar-refractivity contribution in [2.45, 2.75) is 5.54 Å². The zero-order valence-electron chi connectivity index (χ0n) is 13.9. The van der Waals surface area contributed by atoms with Gasteiger partial charge in [0.05, 0.1) is 0 Å². The molecule has 0 radical (unpaired) electrons. The fraction of sp³-hybridized carbons (Fsp3) is 0.0909. The molecule has 3 heteroatoms. The van der Waals surface area contributed by atoms with Crippen molar-refractivity contribution in [2.24, 2.45) is 0 Å². The molecule has 0 bridgehead atoms. The van der Waals surface area contributed by atoms with Crippen LogP contribution in [0, 0.1) is 0 Å². The van der Waals surface area contributed by atoms with Crippen molar-refractivity contribution in [2.75, 3.05) is 6.54 Å². The topological polar surface area (TPSA) is 15.3 Å². The third-order valence-electron chi connectivity index (χ3n) is 4.47. The van der Waals surface area contributed by atoms with Gasteiger partial charge in [-0.05, 0) is 34.0 Å². The largest absolute Gasteiger partial charge is 0.225 e. The van der Waals surface area contributed by atoms with Crippen molar-refractivity contribution in [1.82, 2.24) is 9.84 Å². The highest BCUT2D eigenvalue weighted by Gasteiger charge is 2.38. The van der Waals surface area contributed by atoms with Crippen molar-refractivity contribution in [3.63, 3.8) is 0 Å². The minimum absolute atomic E-state index is 0.442. The molecule has 0 saturated heterocycles. The van der Waals surface area contributed by atoms with Crippen molar-refractivity contribution in [3.8, 4) is 0 Å². The van der Waals surface area contributed by atoms with Crippen LogP contribution in [-0.2, 0) is 5.54 Å². The Morgan fingerprint density at radius 3 is 1.48 bits per heavy atom. The van der Waals surface area contributed by atoms with Gasteiger partial charge in [-0.1, -0.05) is 97.1 Å². The first-order valence-corrected chi connectivity index (χ1v) is 9.27. The molecule has 4 rings (SSSR count). The van der Waals surface area contributed by atoms with Gasteiger partial charge in [-0.2, -0.15) is 4.41 Å². The number of benzene rings is 3. The van der Waals surface area contributed by atoms with Crippen molar-refractivity contribution in [3.05, 3.63) is 119 Å². The Labute approximate surface area is 153 Å². The minimum atomic E-state index is -0.442. The Kier molecular flexibility index (Phi) is 4.70. The zero-order valence-corrected chi connectivity index (χ0v) is 14.7. The summed E-state index contributed by atoms with van der Waals surface area (Å²) in [6, 6.07) is 32.0. The SMILES string of the molecule is C1=CSN(NC(c2ccccc2)(c2ccccc2)c2ccccc2)C1. The zero-order chi connectivity index (χ0) is 17.0. The number of nitrogens with one attached hydrogen (secondary N) is 1. The quantitative estimate of drug-likeness (QED) is 0.520. The Morgan fingerprint density at radius 2 is 1.12 bits per heavy atom. The summed E-state index contributed by atoms with van der Waals surface area (Å²) in [5, 5.41) is 2.12. The Morgan fingerprint density at radius 1 is 0.680 bits per heavy atom. The molecule has 1 N–H and O–H groups in total. The van der Waals surface area contributed by atoms with Crippen molar-refractivity contribution < 1.29 is 0 Å². The van der Waals surface area contributed by atoms with Crippen LogP contribution < -0.4 is 5.43 Å². The summed E-state index contributed by atoms with van der Waals surface area (Å²) < 4.78 is 2.19. The molecule has 0 unspecified atom stereocenters. The predicted octanol–water partition coefficient (Wildman–Crippen LogP) is 4.96. The highest BCUT2D eigenvalue weighted by molar-refractivity contribution is 8.00. The summed E-state index contributed by atoms with van der Waals surface area (Å²) in [7, 11) is 0. The molecular formula is C22H20N2S. The van der Waals surface area contributed by atoms with Crippen LogP contribution in [0.1, 0.15) is 16.7 Å². The van der Waals surface area contributed by atoms with E-state index in [1.54, 1.807) is 11.9 Å². The lowest BCUT2D eigenvalue weighted by Gasteiger charge is -2.39. The maximum atomic E-state index is 3.81. The Hall–Kier alpha value is -2.33. The van der Waals surface area contributed by atoms with E-state index in [4.69, 9.17) is 0 Å². The number of hydrogen-bond donors (Lipinski definition) is 1. The molecule has 0 saturated carbocycles. The molecular weight excluding hydrogens is 324 g/mol. The molecule has 1 aliphatic heterocycles. The van der Waals surface area contributed by atoms with Gasteiger partial charge in [-0.25, -0.2) is 5.43 Å². The molecule has 3 aromatic rings. The van der Waals surface area contributed by atoms with Gasteiger partial charge in [0, 0.05) is 6.54 Å². The van der Waals surface area contributed by atoms with Gasteiger partial charge in [0.2, 0.25) is 0 Å². The predicted molar refractivity (Wildman–Crippen MR) is 106 cm³/mol. The Balaban J connectivity index is 1.94. The molecule has 0 aliphatic carbocycles. The van der Waals surface area contributed by atoms with Crippen molar-refractivity contribution >= 4 is 11.9 Å². The normalized spacial score (nSPS) is 14.7. The molecule has 0 spiro atoms. The Bertz CT molecular complexity index is 727. The summed E-state index contributed by atoms with van der Waals surface area (Å²) in [6.07, 6.45) is 2.17. The van der Waals surface area contributed by atoms with E-state index < -0.39 is 5.54 Å². The van der Waals surface area contributed by atoms with E-state index in [0.717, 1.165) is 6.54 Å². The maximum Gasteiger partial charge on any atom is 0.108 e. The van der Waals surface area contributed by atoms with Crippen LogP contribution in [0.5, 0.6) is 0 Å². The fourth-order valence-electron chi connectivity index (χ4n) is 3.32. The van der Waals surface area contributed by atoms with Crippen LogP contribution in [0.25, 0.3) is 0 Å². The highest BCUT2D eigenvalue weighted by atomic mass is 32.2. The van der Waals surface area contributed by atoms with E-state index in [1.165, 1.54) is 16.7 Å². The molecule has 0 aromatic heterocycles. The van der Waals surface area contributed by atoms with Crippen LogP contribution in [-0.4, -0.2) is 11.0 Å². The van der Waals surface area contributed by atoms with Gasteiger partial charge in [0.1, 0.15) is 5.54 Å². The second kappa shape index (κ2) is 7.28. The lowest BCUT2D eigenvalue weighted by Crippen LogP contribution is -2.50. The fourth-order valence-corrected chi connectivity index (χ4v) is 4.00. The maximum absolute atomic E-state index is 3.81. The molecule has 1 aliphatic rings. The van der Waals surface area contributed by atoms with Crippen LogP contribution in [0.3, 0.4) is 0 Å². The first-order chi connectivity index (χ1) is 12.4. The lowest BCUT2D eigenvalue weighted by atomic mass is 9.77. The number of hydrogen-bond acceptors (Lipinski definition) is 3. The number of rotatable bonds is 5. The average Bonchev–Trinajstić information content (AvgIpc) is 3.21. The monoisotopic (exact) mass is 344 g/mol. The summed E-state index contributed by atoms with van der Waals surface area (Å²) in [6.45, 7) is 0.874. The molecule has 0 amide bonds. The van der Waals surface area contributed by atoms with E-state index in [1.807, 2.05) is 0 Å². The van der Waals surface area contributed by atoms with E-state index in [9.17, 15) is 0 Å². The molecule has 124 valence electrons. The second-order valence-corrected chi connectivity index (χ2v) is 6.92. The third-order valence-corrected chi connectivity index (χ3v) is 5.28. The highest BCUT2D eigenvalue weighted by Crippen LogP contribution is 2.38. The smallest absolute Gasteiger partial charge is 0.108 e. The first-order valence-electron chi connectivity index (χ1n) is 8.43. The summed E-state index contributed by atoms with van der Waals surface area (Å²) in [5.41, 5.74) is 7.04.